The lowest BCUT2D eigenvalue weighted by molar-refractivity contribution is -0.192. The van der Waals surface area contributed by atoms with Crippen LogP contribution >= 0.6 is 7.82 Å². The van der Waals surface area contributed by atoms with Crippen LogP contribution in [0.4, 0.5) is 0 Å². The molecule has 0 bridgehead atoms. The molecule has 0 aromatic heterocycles. The van der Waals surface area contributed by atoms with Gasteiger partial charge in [-0.15, -0.1) is 0 Å². The second kappa shape index (κ2) is 5.40. The maximum absolute atomic E-state index is 11.0. The summed E-state index contributed by atoms with van der Waals surface area (Å²) in [5.74, 6) is -1.02. The molecular formula is C7H13O9P. The second-order valence-corrected chi connectivity index (χ2v) is 4.81. The molecule has 9 nitrogen and oxygen atoms in total. The minimum Gasteiger partial charge on any atom is -0.455 e. The summed E-state index contributed by atoms with van der Waals surface area (Å²) in [6.45, 7) is -0.810. The Morgan fingerprint density at radius 2 is 2.06 bits per heavy atom. The lowest BCUT2D eigenvalue weighted by Crippen LogP contribution is -2.51. The lowest BCUT2D eigenvalue weighted by Gasteiger charge is -2.32. The van der Waals surface area contributed by atoms with Crippen LogP contribution < -0.4 is 0 Å². The molecule has 1 fully saturated rings. The molecule has 1 rings (SSSR count). The van der Waals surface area contributed by atoms with E-state index in [9.17, 15) is 19.6 Å². The summed E-state index contributed by atoms with van der Waals surface area (Å²) in [5, 5.41) is 27.9. The van der Waals surface area contributed by atoms with Crippen molar-refractivity contribution in [1.29, 1.82) is 0 Å². The Hall–Kier alpha value is -0.540. The van der Waals surface area contributed by atoms with Crippen LogP contribution in [0.1, 0.15) is 6.42 Å². The Labute approximate surface area is 95.8 Å². The molecular weight excluding hydrogens is 259 g/mol. The Morgan fingerprint density at radius 1 is 1.47 bits per heavy atom. The Balaban J connectivity index is 2.54. The van der Waals surface area contributed by atoms with Crippen molar-refractivity contribution in [2.75, 3.05) is 6.61 Å². The van der Waals surface area contributed by atoms with Crippen LogP contribution in [0.2, 0.25) is 0 Å². The van der Waals surface area contributed by atoms with E-state index in [1.807, 2.05) is 0 Å². The highest BCUT2D eigenvalue weighted by Crippen LogP contribution is 2.36. The summed E-state index contributed by atoms with van der Waals surface area (Å²) in [7, 11) is -4.75. The van der Waals surface area contributed by atoms with Crippen molar-refractivity contribution >= 4 is 13.8 Å². The van der Waals surface area contributed by atoms with Gasteiger partial charge in [0.25, 0.3) is 0 Å². The minimum absolute atomic E-state index is 0.323. The molecule has 1 heterocycles. The number of carbonyl (C=O) groups excluding carboxylic acids is 1. The minimum atomic E-state index is -4.75. The van der Waals surface area contributed by atoms with E-state index in [2.05, 4.69) is 9.26 Å². The monoisotopic (exact) mass is 272 g/mol. The number of carbonyl (C=O) groups is 1. The third-order valence-electron chi connectivity index (χ3n) is 2.16. The number of ether oxygens (including phenoxy) is 1. The van der Waals surface area contributed by atoms with Crippen molar-refractivity contribution in [3.8, 4) is 0 Å². The average molecular weight is 272 g/mol. The van der Waals surface area contributed by atoms with Gasteiger partial charge in [-0.25, -0.2) is 9.36 Å². The number of esters is 1. The standard InChI is InChI=1S/C7H13O9P/c8-3-1-4(9)7(11)16-6(3)5(10)2-15-17(12,13)14/h3-6,8-10H,1-2H2,(H2,12,13,14). The smallest absolute Gasteiger partial charge is 0.455 e. The van der Waals surface area contributed by atoms with Crippen LogP contribution in [0.25, 0.3) is 0 Å². The first-order valence-electron chi connectivity index (χ1n) is 4.65. The van der Waals surface area contributed by atoms with Crippen LogP contribution in [0.5, 0.6) is 0 Å². The number of cyclic esters (lactones) is 1. The first-order chi connectivity index (χ1) is 7.70. The Morgan fingerprint density at radius 3 is 2.59 bits per heavy atom. The highest BCUT2D eigenvalue weighted by Gasteiger charge is 2.40. The van der Waals surface area contributed by atoms with E-state index in [1.54, 1.807) is 0 Å². The molecule has 0 saturated carbocycles. The molecule has 0 aromatic carbocycles. The molecule has 1 aliphatic heterocycles. The van der Waals surface area contributed by atoms with Gasteiger partial charge in [-0.1, -0.05) is 0 Å². The van der Waals surface area contributed by atoms with Crippen LogP contribution in [0.3, 0.4) is 0 Å². The van der Waals surface area contributed by atoms with Crippen molar-refractivity contribution in [1.82, 2.24) is 0 Å². The zero-order valence-electron chi connectivity index (χ0n) is 8.54. The summed E-state index contributed by atoms with van der Waals surface area (Å²) < 4.78 is 18.9. The van der Waals surface area contributed by atoms with Gasteiger partial charge in [-0.3, -0.25) is 4.52 Å². The van der Waals surface area contributed by atoms with Gasteiger partial charge >= 0.3 is 13.8 Å². The Bertz CT molecular complexity index is 325. The van der Waals surface area contributed by atoms with Crippen molar-refractivity contribution in [2.45, 2.75) is 30.8 Å². The number of rotatable bonds is 4. The number of aliphatic hydroxyl groups is 3. The zero-order chi connectivity index (χ0) is 13.2. The molecule has 0 aliphatic carbocycles. The summed E-state index contributed by atoms with van der Waals surface area (Å²) in [4.78, 5) is 27.8. The fraction of sp³-hybridized carbons (Fsp3) is 0.857. The van der Waals surface area contributed by atoms with Gasteiger partial charge in [-0.05, 0) is 0 Å². The van der Waals surface area contributed by atoms with E-state index in [1.165, 1.54) is 0 Å². The van der Waals surface area contributed by atoms with Gasteiger partial charge in [0, 0.05) is 6.42 Å². The third kappa shape index (κ3) is 4.32. The van der Waals surface area contributed by atoms with E-state index in [0.29, 0.717) is 0 Å². The van der Waals surface area contributed by atoms with Crippen molar-refractivity contribution in [3.05, 3.63) is 0 Å². The molecule has 0 aromatic rings. The van der Waals surface area contributed by atoms with E-state index in [-0.39, 0.29) is 6.42 Å². The number of hydrogen-bond acceptors (Lipinski definition) is 7. The molecule has 5 N–H and O–H groups in total. The molecule has 17 heavy (non-hydrogen) atoms. The molecule has 1 aliphatic rings. The molecule has 100 valence electrons. The van der Waals surface area contributed by atoms with Crippen molar-refractivity contribution in [3.63, 3.8) is 0 Å². The SMILES string of the molecule is O=C1OC(C(O)COP(=O)(O)O)C(O)CC1O. The van der Waals surface area contributed by atoms with Gasteiger partial charge in [-0.2, -0.15) is 0 Å². The third-order valence-corrected chi connectivity index (χ3v) is 2.65. The summed E-state index contributed by atoms with van der Waals surface area (Å²) in [6.07, 6.45) is -6.13. The van der Waals surface area contributed by atoms with Gasteiger partial charge in [0.05, 0.1) is 12.7 Å². The zero-order valence-corrected chi connectivity index (χ0v) is 9.43. The van der Waals surface area contributed by atoms with Gasteiger partial charge in [0.2, 0.25) is 0 Å². The van der Waals surface area contributed by atoms with Gasteiger partial charge in [0.1, 0.15) is 6.10 Å². The number of hydrogen-bond donors (Lipinski definition) is 5. The van der Waals surface area contributed by atoms with Crippen LogP contribution in [0.15, 0.2) is 0 Å². The molecule has 0 radical (unpaired) electrons. The highest BCUT2D eigenvalue weighted by molar-refractivity contribution is 7.46. The number of phosphoric acid groups is 1. The average Bonchev–Trinajstić information content (AvgIpc) is 2.19. The predicted octanol–water partition coefficient (Wildman–Crippen LogP) is -2.51. The molecule has 1 saturated heterocycles. The van der Waals surface area contributed by atoms with E-state index in [0.717, 1.165) is 0 Å². The summed E-state index contributed by atoms with van der Waals surface area (Å²) in [5.41, 5.74) is 0. The van der Waals surface area contributed by atoms with Crippen LogP contribution in [-0.2, 0) is 18.6 Å². The van der Waals surface area contributed by atoms with Crippen LogP contribution in [-0.4, -0.2) is 62.1 Å². The van der Waals surface area contributed by atoms with E-state index >= 15 is 0 Å². The quantitative estimate of drug-likeness (QED) is 0.276. The van der Waals surface area contributed by atoms with Gasteiger partial charge < -0.3 is 29.8 Å². The lowest BCUT2D eigenvalue weighted by atomic mass is 9.99. The predicted molar refractivity (Wildman–Crippen MR) is 50.5 cm³/mol. The largest absolute Gasteiger partial charge is 0.469 e. The van der Waals surface area contributed by atoms with E-state index < -0.39 is 44.8 Å². The highest BCUT2D eigenvalue weighted by atomic mass is 31.2. The fourth-order valence-electron chi connectivity index (χ4n) is 1.35. The molecule has 4 unspecified atom stereocenters. The van der Waals surface area contributed by atoms with E-state index in [4.69, 9.17) is 14.9 Å². The first-order valence-corrected chi connectivity index (χ1v) is 6.18. The molecule has 0 spiro atoms. The van der Waals surface area contributed by atoms with Crippen molar-refractivity contribution in [2.24, 2.45) is 0 Å². The normalized spacial score (nSPS) is 32.1. The van der Waals surface area contributed by atoms with Crippen LogP contribution in [0, 0.1) is 0 Å². The number of aliphatic hydroxyl groups excluding tert-OH is 3. The number of phosphoric ester groups is 1. The fourth-order valence-corrected chi connectivity index (χ4v) is 1.70. The second-order valence-electron chi connectivity index (χ2n) is 3.57. The van der Waals surface area contributed by atoms with Crippen molar-refractivity contribution < 1.29 is 43.7 Å². The Kier molecular flexibility index (Phi) is 4.62. The molecule has 10 heteroatoms. The topological polar surface area (TPSA) is 154 Å². The maximum Gasteiger partial charge on any atom is 0.469 e. The first kappa shape index (κ1) is 14.5. The summed E-state index contributed by atoms with van der Waals surface area (Å²) in [6, 6.07) is 0. The summed E-state index contributed by atoms with van der Waals surface area (Å²) >= 11 is 0. The molecule has 0 amide bonds. The maximum atomic E-state index is 11.0. The molecule has 4 atom stereocenters. The van der Waals surface area contributed by atoms with Gasteiger partial charge in [0.15, 0.2) is 12.2 Å².